The van der Waals surface area contributed by atoms with Gasteiger partial charge in [0.2, 0.25) is 5.91 Å². The predicted molar refractivity (Wildman–Crippen MR) is 78.9 cm³/mol. The molecular formula is C17H18N2O. The summed E-state index contributed by atoms with van der Waals surface area (Å²) in [6.45, 7) is 1.73. The van der Waals surface area contributed by atoms with E-state index in [4.69, 9.17) is 5.73 Å². The van der Waals surface area contributed by atoms with Gasteiger partial charge in [-0.15, -0.1) is 0 Å². The van der Waals surface area contributed by atoms with E-state index < -0.39 is 0 Å². The lowest BCUT2D eigenvalue weighted by Gasteiger charge is -2.22. The maximum absolute atomic E-state index is 12.7. The van der Waals surface area contributed by atoms with Crippen LogP contribution in [0, 0.1) is 0 Å². The Kier molecular flexibility index (Phi) is 3.52. The number of nitrogens with two attached hydrogens (primary N) is 1. The van der Waals surface area contributed by atoms with Crippen LogP contribution in [-0.4, -0.2) is 17.4 Å². The van der Waals surface area contributed by atoms with E-state index in [0.717, 1.165) is 5.56 Å². The van der Waals surface area contributed by atoms with E-state index in [1.807, 2.05) is 47.4 Å². The summed E-state index contributed by atoms with van der Waals surface area (Å²) < 4.78 is 0. The molecule has 1 aliphatic heterocycles. The lowest BCUT2D eigenvalue weighted by atomic mass is 9.98. The average molecular weight is 266 g/mol. The second-order valence-electron chi connectivity index (χ2n) is 5.16. The highest BCUT2D eigenvalue weighted by molar-refractivity contribution is 5.84. The molecule has 0 radical (unpaired) electrons. The third-order valence-corrected chi connectivity index (χ3v) is 3.89. The van der Waals surface area contributed by atoms with Crippen molar-refractivity contribution in [3.8, 4) is 0 Å². The zero-order valence-electron chi connectivity index (χ0n) is 11.3. The highest BCUT2D eigenvalue weighted by atomic mass is 16.2. The van der Waals surface area contributed by atoms with Crippen molar-refractivity contribution in [1.82, 2.24) is 4.90 Å². The SMILES string of the molecule is NCC(C(=O)N1Cc2ccccc2C1)c1ccccc1. The van der Waals surface area contributed by atoms with Crippen molar-refractivity contribution >= 4 is 5.91 Å². The van der Waals surface area contributed by atoms with Crippen LogP contribution >= 0.6 is 0 Å². The number of carbonyl (C=O) groups excluding carboxylic acids is 1. The Hall–Kier alpha value is -2.13. The molecule has 0 aliphatic carbocycles. The van der Waals surface area contributed by atoms with Gasteiger partial charge in [0, 0.05) is 19.6 Å². The van der Waals surface area contributed by atoms with E-state index in [2.05, 4.69) is 12.1 Å². The molecule has 0 spiro atoms. The van der Waals surface area contributed by atoms with Crippen molar-refractivity contribution in [2.45, 2.75) is 19.0 Å². The van der Waals surface area contributed by atoms with E-state index in [-0.39, 0.29) is 11.8 Å². The first-order valence-corrected chi connectivity index (χ1v) is 6.90. The molecule has 0 saturated heterocycles. The number of amides is 1. The molecule has 2 aromatic rings. The molecule has 0 saturated carbocycles. The van der Waals surface area contributed by atoms with Crippen LogP contribution in [-0.2, 0) is 17.9 Å². The molecule has 3 heteroatoms. The molecular weight excluding hydrogens is 248 g/mol. The molecule has 1 amide bonds. The van der Waals surface area contributed by atoms with Gasteiger partial charge >= 0.3 is 0 Å². The quantitative estimate of drug-likeness (QED) is 0.926. The number of carbonyl (C=O) groups is 1. The molecule has 3 rings (SSSR count). The lowest BCUT2D eigenvalue weighted by molar-refractivity contribution is -0.133. The molecule has 0 bridgehead atoms. The van der Waals surface area contributed by atoms with E-state index >= 15 is 0 Å². The minimum absolute atomic E-state index is 0.120. The normalized spacial score (nSPS) is 14.9. The molecule has 0 fully saturated rings. The van der Waals surface area contributed by atoms with Crippen LogP contribution in [0.1, 0.15) is 22.6 Å². The van der Waals surface area contributed by atoms with Crippen LogP contribution in [0.25, 0.3) is 0 Å². The van der Waals surface area contributed by atoms with Crippen molar-refractivity contribution in [2.75, 3.05) is 6.54 Å². The van der Waals surface area contributed by atoms with Gasteiger partial charge in [-0.3, -0.25) is 4.79 Å². The monoisotopic (exact) mass is 266 g/mol. The summed E-state index contributed by atoms with van der Waals surface area (Å²) in [5.74, 6) is -0.125. The Labute approximate surface area is 119 Å². The van der Waals surface area contributed by atoms with Crippen LogP contribution in [0.5, 0.6) is 0 Å². The Bertz CT molecular complexity index is 584. The van der Waals surface area contributed by atoms with Gasteiger partial charge in [-0.25, -0.2) is 0 Å². The van der Waals surface area contributed by atoms with Gasteiger partial charge in [-0.2, -0.15) is 0 Å². The maximum atomic E-state index is 12.7. The van der Waals surface area contributed by atoms with Gasteiger partial charge in [-0.1, -0.05) is 54.6 Å². The molecule has 1 aliphatic rings. The van der Waals surface area contributed by atoms with Crippen LogP contribution in [0.4, 0.5) is 0 Å². The maximum Gasteiger partial charge on any atom is 0.232 e. The van der Waals surface area contributed by atoms with Crippen LogP contribution < -0.4 is 5.73 Å². The fraction of sp³-hybridized carbons (Fsp3) is 0.235. The van der Waals surface area contributed by atoms with Gasteiger partial charge in [0.1, 0.15) is 0 Å². The van der Waals surface area contributed by atoms with Gasteiger partial charge in [0.05, 0.1) is 5.92 Å². The number of fused-ring (bicyclic) bond motifs is 1. The summed E-state index contributed by atoms with van der Waals surface area (Å²) >= 11 is 0. The fourth-order valence-corrected chi connectivity index (χ4v) is 2.77. The molecule has 20 heavy (non-hydrogen) atoms. The fourth-order valence-electron chi connectivity index (χ4n) is 2.77. The molecule has 0 aromatic heterocycles. The lowest BCUT2D eigenvalue weighted by Crippen LogP contribution is -2.34. The van der Waals surface area contributed by atoms with Gasteiger partial charge in [-0.05, 0) is 16.7 Å². The smallest absolute Gasteiger partial charge is 0.232 e. The zero-order valence-corrected chi connectivity index (χ0v) is 11.3. The van der Waals surface area contributed by atoms with E-state index in [1.54, 1.807) is 0 Å². The minimum Gasteiger partial charge on any atom is -0.333 e. The van der Waals surface area contributed by atoms with E-state index in [1.165, 1.54) is 11.1 Å². The number of hydrogen-bond acceptors (Lipinski definition) is 2. The second-order valence-corrected chi connectivity index (χ2v) is 5.16. The molecule has 1 unspecified atom stereocenters. The summed E-state index contributed by atoms with van der Waals surface area (Å²) in [7, 11) is 0. The molecule has 3 nitrogen and oxygen atoms in total. The summed E-state index contributed by atoms with van der Waals surface area (Å²) in [6.07, 6.45) is 0. The van der Waals surface area contributed by atoms with E-state index in [9.17, 15) is 4.79 Å². The highest BCUT2D eigenvalue weighted by Crippen LogP contribution is 2.26. The summed E-state index contributed by atoms with van der Waals surface area (Å²) in [6, 6.07) is 18.0. The summed E-state index contributed by atoms with van der Waals surface area (Å²) in [5.41, 5.74) is 9.31. The first kappa shape index (κ1) is 12.9. The molecule has 2 N–H and O–H groups in total. The first-order chi connectivity index (χ1) is 9.79. The largest absolute Gasteiger partial charge is 0.333 e. The van der Waals surface area contributed by atoms with E-state index in [0.29, 0.717) is 19.6 Å². The minimum atomic E-state index is -0.245. The Morgan fingerprint density at radius 3 is 2.10 bits per heavy atom. The molecule has 1 atom stereocenters. The summed E-state index contributed by atoms with van der Waals surface area (Å²) in [5, 5.41) is 0. The number of nitrogens with zero attached hydrogens (tertiary/aromatic N) is 1. The topological polar surface area (TPSA) is 46.3 Å². The van der Waals surface area contributed by atoms with Gasteiger partial charge in [0.25, 0.3) is 0 Å². The predicted octanol–water partition coefficient (Wildman–Crippen LogP) is 2.27. The van der Waals surface area contributed by atoms with Gasteiger partial charge in [0.15, 0.2) is 0 Å². The number of benzene rings is 2. The number of hydrogen-bond donors (Lipinski definition) is 1. The molecule has 2 aromatic carbocycles. The average Bonchev–Trinajstić information content (AvgIpc) is 2.93. The standard InChI is InChI=1S/C17H18N2O/c18-10-16(13-6-2-1-3-7-13)17(20)19-11-14-8-4-5-9-15(14)12-19/h1-9,16H,10-12,18H2. The number of rotatable bonds is 3. The van der Waals surface area contributed by atoms with Crippen molar-refractivity contribution in [3.05, 3.63) is 71.3 Å². The zero-order chi connectivity index (χ0) is 13.9. The van der Waals surface area contributed by atoms with Crippen LogP contribution in [0.3, 0.4) is 0 Å². The third-order valence-electron chi connectivity index (χ3n) is 3.89. The first-order valence-electron chi connectivity index (χ1n) is 6.90. The summed E-state index contributed by atoms with van der Waals surface area (Å²) in [4.78, 5) is 14.6. The van der Waals surface area contributed by atoms with Crippen molar-refractivity contribution in [2.24, 2.45) is 5.73 Å². The highest BCUT2D eigenvalue weighted by Gasteiger charge is 2.28. The second kappa shape index (κ2) is 5.47. The Morgan fingerprint density at radius 1 is 1.00 bits per heavy atom. The van der Waals surface area contributed by atoms with Crippen LogP contribution in [0.15, 0.2) is 54.6 Å². The van der Waals surface area contributed by atoms with Gasteiger partial charge < -0.3 is 10.6 Å². The third kappa shape index (κ3) is 2.32. The molecule has 102 valence electrons. The van der Waals surface area contributed by atoms with Crippen molar-refractivity contribution in [1.29, 1.82) is 0 Å². The molecule has 1 heterocycles. The van der Waals surface area contributed by atoms with Crippen LogP contribution in [0.2, 0.25) is 0 Å². The Morgan fingerprint density at radius 2 is 1.55 bits per heavy atom. The van der Waals surface area contributed by atoms with Crippen molar-refractivity contribution in [3.63, 3.8) is 0 Å². The Balaban J connectivity index is 1.80. The van der Waals surface area contributed by atoms with Crippen molar-refractivity contribution < 1.29 is 4.79 Å².